The lowest BCUT2D eigenvalue weighted by Crippen LogP contribution is -2.28. The third-order valence-electron chi connectivity index (χ3n) is 3.00. The van der Waals surface area contributed by atoms with E-state index in [1.54, 1.807) is 25.1 Å². The molecular weight excluding hydrogens is 274 g/mol. The second-order valence-electron chi connectivity index (χ2n) is 4.45. The van der Waals surface area contributed by atoms with Crippen LogP contribution in [0.25, 0.3) is 0 Å². The van der Waals surface area contributed by atoms with Crippen LogP contribution in [0.5, 0.6) is 0 Å². The Labute approximate surface area is 120 Å². The number of carboxylic acids is 1. The van der Waals surface area contributed by atoms with Crippen molar-refractivity contribution in [3.63, 3.8) is 0 Å². The van der Waals surface area contributed by atoms with Crippen LogP contribution in [-0.4, -0.2) is 38.5 Å². The highest BCUT2D eigenvalue weighted by atomic mass is 16.4. The monoisotopic (exact) mass is 289 g/mol. The lowest BCUT2D eigenvalue weighted by molar-refractivity contribution is 0.0690. The molecule has 1 aromatic heterocycles. The number of hydrogen-bond acceptors (Lipinski definition) is 5. The van der Waals surface area contributed by atoms with Gasteiger partial charge < -0.3 is 16.2 Å². The average Bonchev–Trinajstić information content (AvgIpc) is 2.91. The van der Waals surface area contributed by atoms with Crippen LogP contribution >= 0.6 is 0 Å². The number of aromatic carboxylic acids is 1. The molecule has 2 aromatic rings. The summed E-state index contributed by atoms with van der Waals surface area (Å²) >= 11 is 0. The van der Waals surface area contributed by atoms with Gasteiger partial charge in [-0.15, -0.1) is 5.10 Å². The molecule has 110 valence electrons. The van der Waals surface area contributed by atoms with E-state index in [9.17, 15) is 9.59 Å². The van der Waals surface area contributed by atoms with Crippen LogP contribution in [0.4, 0.5) is 5.69 Å². The van der Waals surface area contributed by atoms with Crippen molar-refractivity contribution < 1.29 is 14.7 Å². The fourth-order valence-electron chi connectivity index (χ4n) is 1.78. The molecule has 0 radical (unpaired) electrons. The minimum absolute atomic E-state index is 0.131. The van der Waals surface area contributed by atoms with E-state index in [4.69, 9.17) is 10.8 Å². The number of anilines is 1. The van der Waals surface area contributed by atoms with Crippen LogP contribution in [-0.2, 0) is 6.54 Å². The molecule has 0 saturated heterocycles. The number of benzene rings is 1. The summed E-state index contributed by atoms with van der Waals surface area (Å²) in [5.74, 6) is -1.38. The lowest BCUT2D eigenvalue weighted by Gasteiger charge is -2.09. The number of nitrogens with two attached hydrogens (primary N) is 1. The van der Waals surface area contributed by atoms with E-state index in [0.717, 1.165) is 5.56 Å². The topological polar surface area (TPSA) is 123 Å². The molecule has 8 nitrogen and oxygen atoms in total. The van der Waals surface area contributed by atoms with Gasteiger partial charge in [-0.25, -0.2) is 9.48 Å². The van der Waals surface area contributed by atoms with Crippen molar-refractivity contribution in [2.24, 2.45) is 0 Å². The van der Waals surface area contributed by atoms with E-state index in [1.807, 2.05) is 0 Å². The normalized spacial score (nSPS) is 10.3. The molecule has 0 atom stereocenters. The summed E-state index contributed by atoms with van der Waals surface area (Å²) in [5, 5.41) is 18.6. The minimum atomic E-state index is -1.14. The Morgan fingerprint density at radius 3 is 2.86 bits per heavy atom. The maximum absolute atomic E-state index is 12.0. The Morgan fingerprint density at radius 2 is 2.19 bits per heavy atom. The van der Waals surface area contributed by atoms with Crippen molar-refractivity contribution in [3.8, 4) is 0 Å². The number of hydrogen-bond donors (Lipinski definition) is 3. The van der Waals surface area contributed by atoms with E-state index in [1.165, 1.54) is 10.9 Å². The van der Waals surface area contributed by atoms with Gasteiger partial charge in [0.2, 0.25) is 0 Å². The van der Waals surface area contributed by atoms with Crippen molar-refractivity contribution in [1.82, 2.24) is 20.3 Å². The first kappa shape index (κ1) is 14.5. The highest BCUT2D eigenvalue weighted by Gasteiger charge is 2.11. The Morgan fingerprint density at radius 1 is 1.43 bits per heavy atom. The molecule has 0 bridgehead atoms. The fourth-order valence-corrected chi connectivity index (χ4v) is 1.78. The fraction of sp³-hybridized carbons (Fsp3) is 0.231. The number of aromatic nitrogens is 3. The van der Waals surface area contributed by atoms with E-state index in [2.05, 4.69) is 15.6 Å². The summed E-state index contributed by atoms with van der Waals surface area (Å²) in [7, 11) is 0. The predicted octanol–water partition coefficient (Wildman–Crippen LogP) is 0.297. The smallest absolute Gasteiger partial charge is 0.358 e. The van der Waals surface area contributed by atoms with Gasteiger partial charge in [-0.05, 0) is 24.6 Å². The van der Waals surface area contributed by atoms with Crippen molar-refractivity contribution in [3.05, 3.63) is 41.2 Å². The SMILES string of the molecule is Cc1c(N)cccc1C(=O)NCCn1cc(C(=O)O)nn1. The summed E-state index contributed by atoms with van der Waals surface area (Å²) in [4.78, 5) is 22.7. The largest absolute Gasteiger partial charge is 0.476 e. The molecule has 1 amide bonds. The Bertz CT molecular complexity index is 680. The minimum Gasteiger partial charge on any atom is -0.476 e. The van der Waals surface area contributed by atoms with Gasteiger partial charge in [-0.1, -0.05) is 11.3 Å². The third-order valence-corrected chi connectivity index (χ3v) is 3.00. The highest BCUT2D eigenvalue weighted by Crippen LogP contribution is 2.15. The number of amides is 1. The van der Waals surface area contributed by atoms with Crippen LogP contribution < -0.4 is 11.1 Å². The molecule has 0 spiro atoms. The molecule has 8 heteroatoms. The van der Waals surface area contributed by atoms with Crippen molar-refractivity contribution in [1.29, 1.82) is 0 Å². The summed E-state index contributed by atoms with van der Waals surface area (Å²) in [6, 6.07) is 5.14. The zero-order valence-electron chi connectivity index (χ0n) is 11.4. The van der Waals surface area contributed by atoms with Crippen molar-refractivity contribution >= 4 is 17.6 Å². The second-order valence-corrected chi connectivity index (χ2v) is 4.45. The molecule has 4 N–H and O–H groups in total. The quantitative estimate of drug-likeness (QED) is 0.680. The van der Waals surface area contributed by atoms with Crippen LogP contribution in [0.3, 0.4) is 0 Å². The number of nitrogens with one attached hydrogen (secondary N) is 1. The van der Waals surface area contributed by atoms with Crippen molar-refractivity contribution in [2.45, 2.75) is 13.5 Å². The molecule has 1 aromatic carbocycles. The zero-order valence-corrected chi connectivity index (χ0v) is 11.4. The number of carbonyl (C=O) groups excluding carboxylic acids is 1. The molecule has 0 aliphatic carbocycles. The molecule has 1 heterocycles. The summed E-state index contributed by atoms with van der Waals surface area (Å²) < 4.78 is 1.36. The summed E-state index contributed by atoms with van der Waals surface area (Å²) in [6.07, 6.45) is 1.31. The van der Waals surface area contributed by atoms with Gasteiger partial charge in [0, 0.05) is 17.8 Å². The molecule has 0 fully saturated rings. The number of nitrogens with zero attached hydrogens (tertiary/aromatic N) is 3. The van der Waals surface area contributed by atoms with Gasteiger partial charge in [0.05, 0.1) is 12.7 Å². The molecule has 21 heavy (non-hydrogen) atoms. The number of carboxylic acid groups (broad SMARTS) is 1. The number of rotatable bonds is 5. The molecular formula is C13H15N5O3. The third kappa shape index (κ3) is 3.35. The zero-order chi connectivity index (χ0) is 15.4. The molecule has 2 rings (SSSR count). The first-order valence-corrected chi connectivity index (χ1v) is 6.25. The first-order valence-electron chi connectivity index (χ1n) is 6.25. The second kappa shape index (κ2) is 6.04. The lowest BCUT2D eigenvalue weighted by atomic mass is 10.1. The molecule has 0 aliphatic heterocycles. The molecule has 0 unspecified atom stereocenters. The van der Waals surface area contributed by atoms with E-state index in [0.29, 0.717) is 24.3 Å². The maximum atomic E-state index is 12.0. The Balaban J connectivity index is 1.92. The maximum Gasteiger partial charge on any atom is 0.358 e. The van der Waals surface area contributed by atoms with Gasteiger partial charge in [-0.2, -0.15) is 0 Å². The Hall–Kier alpha value is -2.90. The van der Waals surface area contributed by atoms with Gasteiger partial charge in [0.1, 0.15) is 0 Å². The highest BCUT2D eigenvalue weighted by molar-refractivity contribution is 5.96. The van der Waals surface area contributed by atoms with Gasteiger partial charge in [0.15, 0.2) is 5.69 Å². The number of carbonyl (C=O) groups is 2. The van der Waals surface area contributed by atoms with E-state index < -0.39 is 5.97 Å². The van der Waals surface area contributed by atoms with E-state index >= 15 is 0 Å². The van der Waals surface area contributed by atoms with Crippen molar-refractivity contribution in [2.75, 3.05) is 12.3 Å². The number of nitrogen functional groups attached to an aromatic ring is 1. The summed E-state index contributed by atoms with van der Waals surface area (Å²) in [5.41, 5.74) is 7.42. The predicted molar refractivity (Wildman–Crippen MR) is 74.9 cm³/mol. The van der Waals surface area contributed by atoms with Crippen LogP contribution in [0, 0.1) is 6.92 Å². The van der Waals surface area contributed by atoms with Crippen LogP contribution in [0.1, 0.15) is 26.4 Å². The van der Waals surface area contributed by atoms with Crippen LogP contribution in [0.2, 0.25) is 0 Å². The van der Waals surface area contributed by atoms with E-state index in [-0.39, 0.29) is 11.6 Å². The van der Waals surface area contributed by atoms with Gasteiger partial charge in [0.25, 0.3) is 5.91 Å². The Kier molecular flexibility index (Phi) is 4.17. The van der Waals surface area contributed by atoms with Crippen LogP contribution in [0.15, 0.2) is 24.4 Å². The standard InChI is InChI=1S/C13H15N5O3/c1-8-9(3-2-4-10(8)14)12(19)15-5-6-18-7-11(13(20)21)16-17-18/h2-4,7H,5-6,14H2,1H3,(H,15,19)(H,20,21). The molecule has 0 aliphatic rings. The summed E-state index contributed by atoms with van der Waals surface area (Å²) in [6.45, 7) is 2.41. The first-order chi connectivity index (χ1) is 9.99. The molecule has 0 saturated carbocycles. The average molecular weight is 289 g/mol. The van der Waals surface area contributed by atoms with Gasteiger partial charge >= 0.3 is 5.97 Å². The van der Waals surface area contributed by atoms with Gasteiger partial charge in [-0.3, -0.25) is 4.79 Å².